The van der Waals surface area contributed by atoms with Crippen molar-refractivity contribution < 1.29 is 9.18 Å². The number of hydrogen-bond acceptors (Lipinski definition) is 3. The molecule has 1 aromatic rings. The van der Waals surface area contributed by atoms with E-state index in [1.54, 1.807) is 26.1 Å². The van der Waals surface area contributed by atoms with Crippen molar-refractivity contribution >= 4 is 17.6 Å². The summed E-state index contributed by atoms with van der Waals surface area (Å²) < 4.78 is 13.5. The molecule has 2 aliphatic heterocycles. The van der Waals surface area contributed by atoms with Gasteiger partial charge in [0.25, 0.3) is 0 Å². The van der Waals surface area contributed by atoms with E-state index in [9.17, 15) is 9.18 Å². The van der Waals surface area contributed by atoms with Crippen molar-refractivity contribution in [3.05, 3.63) is 47.3 Å². The molecule has 0 aliphatic carbocycles. The first kappa shape index (κ1) is 16.4. The molecule has 1 amide bonds. The summed E-state index contributed by atoms with van der Waals surface area (Å²) in [5.74, 6) is -0.235. The fraction of sp³-hybridized carbons (Fsp3) is 0.389. The number of guanidine groups is 1. The Bertz CT molecular complexity index is 750. The van der Waals surface area contributed by atoms with Gasteiger partial charge in [-0.1, -0.05) is 6.08 Å². The summed E-state index contributed by atoms with van der Waals surface area (Å²) in [5.41, 5.74) is 1.60. The van der Waals surface area contributed by atoms with E-state index < -0.39 is 5.54 Å². The molecule has 2 N–H and O–H groups in total. The zero-order valence-electron chi connectivity index (χ0n) is 14.1. The molecule has 3 rings (SSSR count). The maximum atomic E-state index is 13.5. The van der Waals surface area contributed by atoms with Crippen LogP contribution < -0.4 is 5.32 Å². The molecule has 5 nitrogen and oxygen atoms in total. The summed E-state index contributed by atoms with van der Waals surface area (Å²) in [6.45, 7) is 3.65. The molecule has 6 heteroatoms. The topological polar surface area (TPSA) is 68.5 Å². The van der Waals surface area contributed by atoms with Gasteiger partial charge < -0.3 is 5.32 Å². The molecule has 2 atom stereocenters. The molecular formula is C18H21FN4O. The number of nitrogens with one attached hydrogen (secondary N) is 2. The number of amides is 1. The van der Waals surface area contributed by atoms with Gasteiger partial charge in [-0.15, -0.1) is 0 Å². The van der Waals surface area contributed by atoms with Gasteiger partial charge in [-0.25, -0.2) is 4.39 Å². The highest BCUT2D eigenvalue weighted by atomic mass is 19.1. The number of halogens is 1. The van der Waals surface area contributed by atoms with E-state index in [1.165, 1.54) is 11.0 Å². The van der Waals surface area contributed by atoms with Crippen LogP contribution in [0.1, 0.15) is 30.9 Å². The van der Waals surface area contributed by atoms with Gasteiger partial charge in [-0.2, -0.15) is 0 Å². The summed E-state index contributed by atoms with van der Waals surface area (Å²) in [5, 5.41) is 11.1. The second-order valence-corrected chi connectivity index (χ2v) is 6.65. The highest BCUT2D eigenvalue weighted by molar-refractivity contribution is 6.09. The molecule has 0 saturated carbocycles. The van der Waals surface area contributed by atoms with E-state index in [1.807, 2.05) is 19.1 Å². The van der Waals surface area contributed by atoms with Crippen molar-refractivity contribution in [2.24, 2.45) is 4.99 Å². The number of dihydropyridines is 1. The summed E-state index contributed by atoms with van der Waals surface area (Å²) in [7, 11) is 1.59. The maximum Gasteiger partial charge on any atom is 0.231 e. The third-order valence-corrected chi connectivity index (χ3v) is 4.75. The molecule has 126 valence electrons. The first-order valence-corrected chi connectivity index (χ1v) is 7.94. The van der Waals surface area contributed by atoms with Crippen molar-refractivity contribution in [1.82, 2.24) is 10.2 Å². The zero-order chi connectivity index (χ0) is 17.5. The minimum Gasteiger partial charge on any atom is -0.348 e. The second kappa shape index (κ2) is 5.85. The first-order chi connectivity index (χ1) is 11.3. The highest BCUT2D eigenvalue weighted by Crippen LogP contribution is 2.28. The standard InChI is InChI=1S/C18H21FN4O/c1-11-9-12(7-8-13(11)19)14-5-4-6-15(21-14)18(2)10-16(24)23(3)17(20)22-18/h4-5,7-9,15H,6,10H2,1-3H3,(H2,20,22)/t15?,18-/m0/s1. The minimum absolute atomic E-state index is 0.0924. The molecule has 1 saturated heterocycles. The van der Waals surface area contributed by atoms with E-state index in [4.69, 9.17) is 10.4 Å². The lowest BCUT2D eigenvalue weighted by molar-refractivity contribution is -0.129. The van der Waals surface area contributed by atoms with Crippen LogP contribution >= 0.6 is 0 Å². The van der Waals surface area contributed by atoms with Crippen LogP contribution in [0.4, 0.5) is 4.39 Å². The van der Waals surface area contributed by atoms with Crippen molar-refractivity contribution in [2.75, 3.05) is 7.05 Å². The van der Waals surface area contributed by atoms with E-state index >= 15 is 0 Å². The van der Waals surface area contributed by atoms with Gasteiger partial charge in [0.1, 0.15) is 5.82 Å². The number of rotatable bonds is 2. The monoisotopic (exact) mass is 328 g/mol. The Hall–Kier alpha value is -2.50. The zero-order valence-corrected chi connectivity index (χ0v) is 14.1. The van der Waals surface area contributed by atoms with E-state index in [0.717, 1.165) is 11.3 Å². The lowest BCUT2D eigenvalue weighted by Gasteiger charge is -2.43. The lowest BCUT2D eigenvalue weighted by atomic mass is 9.83. The molecule has 0 bridgehead atoms. The third-order valence-electron chi connectivity index (χ3n) is 4.75. The van der Waals surface area contributed by atoms with Crippen LogP contribution in [0, 0.1) is 18.2 Å². The Kier molecular flexibility index (Phi) is 3.99. The summed E-state index contributed by atoms with van der Waals surface area (Å²) in [4.78, 5) is 18.2. The average Bonchev–Trinajstić information content (AvgIpc) is 2.55. The fourth-order valence-corrected chi connectivity index (χ4v) is 3.11. The molecule has 24 heavy (non-hydrogen) atoms. The molecular weight excluding hydrogens is 307 g/mol. The van der Waals surface area contributed by atoms with Crippen LogP contribution in [0.15, 0.2) is 35.3 Å². The minimum atomic E-state index is -0.605. The first-order valence-electron chi connectivity index (χ1n) is 7.94. The number of hydrogen-bond donors (Lipinski definition) is 2. The summed E-state index contributed by atoms with van der Waals surface area (Å²) >= 11 is 0. The van der Waals surface area contributed by atoms with Crippen LogP contribution in [0.5, 0.6) is 0 Å². The molecule has 0 radical (unpaired) electrons. The van der Waals surface area contributed by atoms with Crippen LogP contribution in [-0.4, -0.2) is 41.1 Å². The number of allylic oxidation sites excluding steroid dienone is 1. The van der Waals surface area contributed by atoms with Crippen LogP contribution in [0.3, 0.4) is 0 Å². The Morgan fingerprint density at radius 2 is 2.21 bits per heavy atom. The third kappa shape index (κ3) is 2.84. The van der Waals surface area contributed by atoms with Crippen molar-refractivity contribution in [3.63, 3.8) is 0 Å². The second-order valence-electron chi connectivity index (χ2n) is 6.65. The SMILES string of the molecule is Cc1cc(C2=NC([C@]3(C)CC(=O)N(C)C(=N)N3)CC=C2)ccc1F. The van der Waals surface area contributed by atoms with Crippen molar-refractivity contribution in [3.8, 4) is 0 Å². The largest absolute Gasteiger partial charge is 0.348 e. The molecule has 1 unspecified atom stereocenters. The van der Waals surface area contributed by atoms with Crippen molar-refractivity contribution in [1.29, 1.82) is 5.41 Å². The normalized spacial score (nSPS) is 27.1. The van der Waals surface area contributed by atoms with E-state index in [0.29, 0.717) is 12.0 Å². The number of benzene rings is 1. The molecule has 1 aromatic carbocycles. The molecule has 0 spiro atoms. The van der Waals surface area contributed by atoms with Gasteiger partial charge in [0, 0.05) is 12.6 Å². The Morgan fingerprint density at radius 1 is 1.46 bits per heavy atom. The number of aryl methyl sites for hydroxylation is 1. The molecule has 0 aromatic heterocycles. The molecule has 2 aliphatic rings. The number of carbonyl (C=O) groups excluding carboxylic acids is 1. The van der Waals surface area contributed by atoms with Crippen LogP contribution in [0.2, 0.25) is 0 Å². The molecule has 1 fully saturated rings. The summed E-state index contributed by atoms with van der Waals surface area (Å²) in [6, 6.07) is 4.77. The fourth-order valence-electron chi connectivity index (χ4n) is 3.11. The van der Waals surface area contributed by atoms with Crippen LogP contribution in [0.25, 0.3) is 0 Å². The van der Waals surface area contributed by atoms with E-state index in [2.05, 4.69) is 5.32 Å². The highest BCUT2D eigenvalue weighted by Gasteiger charge is 2.42. The van der Waals surface area contributed by atoms with E-state index in [-0.39, 0.29) is 30.1 Å². The van der Waals surface area contributed by atoms with Gasteiger partial charge in [0.05, 0.1) is 23.7 Å². The quantitative estimate of drug-likeness (QED) is 0.875. The number of aliphatic imine (C=N–C) groups is 1. The summed E-state index contributed by atoms with van der Waals surface area (Å²) in [6.07, 6.45) is 4.92. The van der Waals surface area contributed by atoms with Gasteiger partial charge in [-0.05, 0) is 50.1 Å². The van der Waals surface area contributed by atoms with Gasteiger partial charge in [0.2, 0.25) is 5.91 Å². The maximum absolute atomic E-state index is 13.5. The van der Waals surface area contributed by atoms with Crippen molar-refractivity contribution in [2.45, 2.75) is 38.3 Å². The Morgan fingerprint density at radius 3 is 2.88 bits per heavy atom. The lowest BCUT2D eigenvalue weighted by Crippen LogP contribution is -2.64. The molecule has 2 heterocycles. The predicted molar refractivity (Wildman–Crippen MR) is 91.9 cm³/mol. The Labute approximate surface area is 140 Å². The van der Waals surface area contributed by atoms with Gasteiger partial charge in [0.15, 0.2) is 5.96 Å². The smallest absolute Gasteiger partial charge is 0.231 e. The average molecular weight is 328 g/mol. The van der Waals surface area contributed by atoms with Crippen LogP contribution in [-0.2, 0) is 4.79 Å². The number of carbonyl (C=O) groups is 1. The predicted octanol–water partition coefficient (Wildman–Crippen LogP) is 2.40. The van der Waals surface area contributed by atoms with Gasteiger partial charge >= 0.3 is 0 Å². The van der Waals surface area contributed by atoms with Gasteiger partial charge in [-0.3, -0.25) is 20.1 Å². The Balaban J connectivity index is 1.91. The number of nitrogens with zero attached hydrogens (tertiary/aromatic N) is 2.